The first kappa shape index (κ1) is 95.1. The third kappa shape index (κ3) is 70.9. The van der Waals surface area contributed by atoms with E-state index in [1.165, 1.54) is 212 Å². The molecule has 0 aliphatic heterocycles. The number of rotatable bonds is 76. The second-order valence-electron chi connectivity index (χ2n) is 29.3. The number of aliphatic hydroxyl groups excluding tert-OH is 1. The molecule has 3 unspecified atom stereocenters. The van der Waals surface area contributed by atoms with Gasteiger partial charge in [0.25, 0.3) is 0 Å². The number of phosphoric ester groups is 2. The highest BCUT2D eigenvalue weighted by Crippen LogP contribution is 2.45. The third-order valence-corrected chi connectivity index (χ3v) is 20.4. The van der Waals surface area contributed by atoms with Crippen molar-refractivity contribution in [2.75, 3.05) is 39.6 Å². The zero-order valence-electron chi connectivity index (χ0n) is 63.5. The number of aliphatic hydroxyl groups is 1. The first-order chi connectivity index (χ1) is 46.8. The summed E-state index contributed by atoms with van der Waals surface area (Å²) in [5.74, 6) is 0.279. The minimum Gasteiger partial charge on any atom is -0.462 e. The van der Waals surface area contributed by atoms with Gasteiger partial charge >= 0.3 is 39.5 Å². The molecule has 0 heterocycles. The second kappa shape index (κ2) is 68.5. The van der Waals surface area contributed by atoms with Gasteiger partial charge in [-0.05, 0) is 43.4 Å². The number of ether oxygens (including phenoxy) is 4. The molecule has 17 nitrogen and oxygen atoms in total. The number of unbranched alkanes of at least 4 members (excludes halogenated alkanes) is 43. The lowest BCUT2D eigenvalue weighted by Gasteiger charge is -2.21. The average molecular weight is 1420 g/mol. The average Bonchev–Trinajstić information content (AvgIpc) is 1.42. The Morgan fingerprint density at radius 2 is 0.526 bits per heavy atom. The third-order valence-electron chi connectivity index (χ3n) is 18.5. The van der Waals surface area contributed by atoms with E-state index in [-0.39, 0.29) is 25.7 Å². The van der Waals surface area contributed by atoms with E-state index in [1.807, 2.05) is 0 Å². The van der Waals surface area contributed by atoms with Crippen LogP contribution in [0.4, 0.5) is 0 Å². The molecular weight excluding hydrogens is 1270 g/mol. The molecule has 19 heteroatoms. The van der Waals surface area contributed by atoms with Crippen LogP contribution in [-0.2, 0) is 65.4 Å². The van der Waals surface area contributed by atoms with Crippen molar-refractivity contribution in [1.82, 2.24) is 0 Å². The minimum absolute atomic E-state index is 0.106. The van der Waals surface area contributed by atoms with E-state index in [0.717, 1.165) is 108 Å². The normalized spacial score (nSPS) is 14.3. The highest BCUT2D eigenvalue weighted by molar-refractivity contribution is 7.47. The summed E-state index contributed by atoms with van der Waals surface area (Å²) in [6.07, 6.45) is 55.3. The van der Waals surface area contributed by atoms with E-state index in [4.69, 9.17) is 37.0 Å². The van der Waals surface area contributed by atoms with Crippen molar-refractivity contribution < 1.29 is 80.2 Å². The van der Waals surface area contributed by atoms with Gasteiger partial charge < -0.3 is 33.8 Å². The van der Waals surface area contributed by atoms with Crippen LogP contribution >= 0.6 is 15.6 Å². The molecule has 0 bridgehead atoms. The molecule has 3 N–H and O–H groups in total. The standard InChI is InChI=1S/C78H152O17P2/c1-8-10-11-12-13-14-31-38-45-52-59-75(80)88-65-73(95-78(83)62-55-48-41-34-27-21-23-29-36-43-50-57-70(5)6)67-92-96(84,85)90-63-72(79)64-91-97(86,87)93-68-74(66-89-76(81)60-53-46-39-32-25-20-19-22-28-35-42-49-56-69(3)4)94-77(82)61-54-47-40-33-26-18-16-15-17-24-30-37-44-51-58-71(7)9-2/h69-74,79H,8-68H2,1-7H3,(H,84,85)(H,86,87)/t71?,72-,73+,74+/m0/s1. The van der Waals surface area contributed by atoms with Gasteiger partial charge in [-0.15, -0.1) is 0 Å². The van der Waals surface area contributed by atoms with Gasteiger partial charge in [-0.1, -0.05) is 350 Å². The van der Waals surface area contributed by atoms with Gasteiger partial charge in [0, 0.05) is 25.7 Å². The SMILES string of the molecule is CCCCCCCCCCCCC(=O)OC[C@H](COP(=O)(O)OC[C@H](O)COP(=O)(O)OC[C@@H](COC(=O)CCCCCCCCCCCCCCC(C)C)OC(=O)CCCCCCCCCCCCCCCCC(C)CC)OC(=O)CCCCCCCCCCCCCC(C)C. The fourth-order valence-electron chi connectivity index (χ4n) is 11.9. The van der Waals surface area contributed by atoms with Gasteiger partial charge in [-0.2, -0.15) is 0 Å². The lowest BCUT2D eigenvalue weighted by molar-refractivity contribution is -0.161. The number of hydrogen-bond acceptors (Lipinski definition) is 15. The van der Waals surface area contributed by atoms with Crippen LogP contribution < -0.4 is 0 Å². The summed E-state index contributed by atoms with van der Waals surface area (Å²) in [5.41, 5.74) is 0. The van der Waals surface area contributed by atoms with E-state index < -0.39 is 97.5 Å². The molecule has 0 aromatic rings. The summed E-state index contributed by atoms with van der Waals surface area (Å²) in [5, 5.41) is 10.6. The summed E-state index contributed by atoms with van der Waals surface area (Å²) in [6.45, 7) is 12.0. The number of carbonyl (C=O) groups is 4. The van der Waals surface area contributed by atoms with Crippen LogP contribution in [0, 0.1) is 17.8 Å². The molecule has 0 saturated heterocycles. The van der Waals surface area contributed by atoms with E-state index in [1.54, 1.807) is 0 Å². The van der Waals surface area contributed by atoms with E-state index in [9.17, 15) is 43.2 Å². The molecular formula is C78H152O17P2. The van der Waals surface area contributed by atoms with Crippen molar-refractivity contribution in [2.45, 2.75) is 420 Å². The first-order valence-electron chi connectivity index (χ1n) is 40.4. The molecule has 6 atom stereocenters. The van der Waals surface area contributed by atoms with E-state index in [0.29, 0.717) is 25.7 Å². The molecule has 0 rings (SSSR count). The number of hydrogen-bond donors (Lipinski definition) is 3. The van der Waals surface area contributed by atoms with Crippen LogP contribution in [0.5, 0.6) is 0 Å². The quantitative estimate of drug-likeness (QED) is 0.0222. The molecule has 0 aliphatic rings. The predicted octanol–water partition coefficient (Wildman–Crippen LogP) is 23.0. The largest absolute Gasteiger partial charge is 0.472 e. The zero-order chi connectivity index (χ0) is 71.6. The molecule has 0 aromatic carbocycles. The maximum atomic E-state index is 13.1. The molecule has 0 radical (unpaired) electrons. The number of phosphoric acid groups is 2. The fraction of sp³-hybridized carbons (Fsp3) is 0.949. The minimum atomic E-state index is -4.96. The molecule has 97 heavy (non-hydrogen) atoms. The Hall–Kier alpha value is -1.94. The Balaban J connectivity index is 5.25. The van der Waals surface area contributed by atoms with Crippen molar-refractivity contribution in [1.29, 1.82) is 0 Å². The Labute approximate surface area is 594 Å². The van der Waals surface area contributed by atoms with Crippen LogP contribution in [0.2, 0.25) is 0 Å². The van der Waals surface area contributed by atoms with Gasteiger partial charge in [0.1, 0.15) is 19.3 Å². The second-order valence-corrected chi connectivity index (χ2v) is 32.2. The van der Waals surface area contributed by atoms with Crippen molar-refractivity contribution in [3.8, 4) is 0 Å². The van der Waals surface area contributed by atoms with Gasteiger partial charge in [0.15, 0.2) is 12.2 Å². The Kier molecular flexibility index (Phi) is 67.1. The van der Waals surface area contributed by atoms with Crippen LogP contribution in [0.3, 0.4) is 0 Å². The maximum absolute atomic E-state index is 13.1. The molecule has 576 valence electrons. The molecule has 0 saturated carbocycles. The van der Waals surface area contributed by atoms with Gasteiger partial charge in [0.2, 0.25) is 0 Å². The van der Waals surface area contributed by atoms with Crippen LogP contribution in [0.1, 0.15) is 402 Å². The summed E-state index contributed by atoms with van der Waals surface area (Å²) in [7, 11) is -9.92. The van der Waals surface area contributed by atoms with Crippen molar-refractivity contribution in [3.63, 3.8) is 0 Å². The predicted molar refractivity (Wildman–Crippen MR) is 395 cm³/mol. The van der Waals surface area contributed by atoms with Crippen molar-refractivity contribution in [3.05, 3.63) is 0 Å². The lowest BCUT2D eigenvalue weighted by atomic mass is 9.99. The molecule has 0 fully saturated rings. The molecule has 0 spiro atoms. The Bertz CT molecular complexity index is 1890. The Morgan fingerprint density at radius 1 is 0.299 bits per heavy atom. The molecule has 0 aliphatic carbocycles. The Morgan fingerprint density at radius 3 is 0.784 bits per heavy atom. The van der Waals surface area contributed by atoms with Crippen LogP contribution in [0.15, 0.2) is 0 Å². The highest BCUT2D eigenvalue weighted by atomic mass is 31.2. The van der Waals surface area contributed by atoms with Gasteiger partial charge in [-0.25, -0.2) is 9.13 Å². The van der Waals surface area contributed by atoms with Crippen LogP contribution in [-0.4, -0.2) is 96.7 Å². The maximum Gasteiger partial charge on any atom is 0.472 e. The molecule has 0 aromatic heterocycles. The molecule has 0 amide bonds. The summed E-state index contributed by atoms with van der Waals surface area (Å²) in [4.78, 5) is 72.9. The number of esters is 4. The van der Waals surface area contributed by atoms with Crippen molar-refractivity contribution in [2.24, 2.45) is 17.8 Å². The number of carbonyl (C=O) groups excluding carboxylic acids is 4. The highest BCUT2D eigenvalue weighted by Gasteiger charge is 2.30. The first-order valence-corrected chi connectivity index (χ1v) is 43.4. The van der Waals surface area contributed by atoms with Gasteiger partial charge in [-0.3, -0.25) is 37.3 Å². The zero-order valence-corrected chi connectivity index (χ0v) is 65.3. The topological polar surface area (TPSA) is 237 Å². The van der Waals surface area contributed by atoms with E-state index >= 15 is 0 Å². The smallest absolute Gasteiger partial charge is 0.462 e. The summed E-state index contributed by atoms with van der Waals surface area (Å²) >= 11 is 0. The fourth-order valence-corrected chi connectivity index (χ4v) is 13.5. The summed E-state index contributed by atoms with van der Waals surface area (Å²) < 4.78 is 68.6. The van der Waals surface area contributed by atoms with E-state index in [2.05, 4.69) is 48.5 Å². The lowest BCUT2D eigenvalue weighted by Crippen LogP contribution is -2.30. The van der Waals surface area contributed by atoms with Crippen molar-refractivity contribution >= 4 is 39.5 Å². The summed E-state index contributed by atoms with van der Waals surface area (Å²) in [6, 6.07) is 0. The van der Waals surface area contributed by atoms with Gasteiger partial charge in [0.05, 0.1) is 26.4 Å². The van der Waals surface area contributed by atoms with Crippen LogP contribution in [0.25, 0.3) is 0 Å². The monoisotopic (exact) mass is 1420 g/mol.